The third-order valence-electron chi connectivity index (χ3n) is 4.35. The molecule has 27 heavy (non-hydrogen) atoms. The number of aryl methyl sites for hydroxylation is 3. The first kappa shape index (κ1) is 18.3. The van der Waals surface area contributed by atoms with Gasteiger partial charge in [0.1, 0.15) is 5.75 Å². The molecule has 0 spiro atoms. The smallest absolute Gasteiger partial charge is 0.259 e. The highest BCUT2D eigenvalue weighted by Gasteiger charge is 2.11. The van der Waals surface area contributed by atoms with Crippen molar-refractivity contribution in [1.82, 2.24) is 0 Å². The summed E-state index contributed by atoms with van der Waals surface area (Å²) >= 11 is 0. The van der Waals surface area contributed by atoms with Gasteiger partial charge >= 0.3 is 0 Å². The van der Waals surface area contributed by atoms with Crippen LogP contribution in [0.5, 0.6) is 17.2 Å². The predicted octanol–water partition coefficient (Wildman–Crippen LogP) is 4.15. The van der Waals surface area contributed by atoms with E-state index in [-0.39, 0.29) is 28.7 Å². The zero-order chi connectivity index (χ0) is 19.4. The van der Waals surface area contributed by atoms with Gasteiger partial charge in [0.15, 0.2) is 11.5 Å². The third kappa shape index (κ3) is 4.58. The van der Waals surface area contributed by atoms with E-state index in [9.17, 15) is 20.1 Å². The molecule has 0 aliphatic carbocycles. The van der Waals surface area contributed by atoms with Crippen molar-refractivity contribution in [2.45, 2.75) is 19.8 Å². The van der Waals surface area contributed by atoms with Gasteiger partial charge in [-0.3, -0.25) is 4.79 Å². The Morgan fingerprint density at radius 3 is 2.11 bits per heavy atom. The lowest BCUT2D eigenvalue weighted by Gasteiger charge is -2.09. The van der Waals surface area contributed by atoms with Gasteiger partial charge in [-0.1, -0.05) is 24.3 Å². The van der Waals surface area contributed by atoms with E-state index in [1.807, 2.05) is 31.2 Å². The molecule has 5 nitrogen and oxygen atoms in total. The van der Waals surface area contributed by atoms with Gasteiger partial charge in [-0.2, -0.15) is 0 Å². The van der Waals surface area contributed by atoms with Gasteiger partial charge in [0, 0.05) is 5.69 Å². The zero-order valence-corrected chi connectivity index (χ0v) is 14.9. The lowest BCUT2D eigenvalue weighted by molar-refractivity contribution is 0.102. The van der Waals surface area contributed by atoms with Gasteiger partial charge in [-0.05, 0) is 72.9 Å². The fraction of sp³-hybridized carbons (Fsp3) is 0.136. The summed E-state index contributed by atoms with van der Waals surface area (Å²) in [4.78, 5) is 12.3. The fourth-order valence-electron chi connectivity index (χ4n) is 2.80. The average molecular weight is 363 g/mol. The molecule has 0 fully saturated rings. The number of carbonyl (C=O) groups is 1. The molecule has 0 saturated carbocycles. The number of aromatic hydroxyl groups is 3. The van der Waals surface area contributed by atoms with Gasteiger partial charge in [0.05, 0.1) is 5.56 Å². The van der Waals surface area contributed by atoms with Crippen LogP contribution in [0.15, 0.2) is 60.7 Å². The van der Waals surface area contributed by atoms with Crippen molar-refractivity contribution >= 4 is 11.6 Å². The summed E-state index contributed by atoms with van der Waals surface area (Å²) in [5.41, 5.74) is 3.77. The molecule has 3 aromatic rings. The first-order chi connectivity index (χ1) is 12.9. The highest BCUT2D eigenvalue weighted by atomic mass is 16.3. The molecule has 5 heteroatoms. The normalized spacial score (nSPS) is 10.6. The highest BCUT2D eigenvalue weighted by Crippen LogP contribution is 2.25. The maximum Gasteiger partial charge on any atom is 0.259 e. The van der Waals surface area contributed by atoms with Gasteiger partial charge in [-0.15, -0.1) is 0 Å². The van der Waals surface area contributed by atoms with E-state index in [2.05, 4.69) is 5.32 Å². The second-order valence-corrected chi connectivity index (χ2v) is 6.49. The molecule has 4 N–H and O–H groups in total. The number of anilines is 1. The van der Waals surface area contributed by atoms with Crippen molar-refractivity contribution in [2.24, 2.45) is 0 Å². The number of phenolic OH excluding ortho intramolecular Hbond substituents is 3. The topological polar surface area (TPSA) is 89.8 Å². The number of amides is 1. The second kappa shape index (κ2) is 7.83. The molecule has 3 aromatic carbocycles. The number of rotatable bonds is 5. The standard InChI is InChI=1S/C22H21NO4/c1-14-2-10-18(20(25)12-14)22(27)23-17-8-5-15(6-9-17)3-4-16-7-11-19(24)21(26)13-16/h2,5-13,24-26H,3-4H2,1H3,(H,23,27). The van der Waals surface area contributed by atoms with Crippen molar-refractivity contribution in [3.8, 4) is 17.2 Å². The molecule has 0 saturated heterocycles. The summed E-state index contributed by atoms with van der Waals surface area (Å²) < 4.78 is 0. The molecule has 0 aliphatic rings. The summed E-state index contributed by atoms with van der Waals surface area (Å²) in [6, 6.07) is 17.2. The molecule has 0 unspecified atom stereocenters. The Morgan fingerprint density at radius 1 is 0.778 bits per heavy atom. The molecule has 3 rings (SSSR count). The van der Waals surface area contributed by atoms with Crippen LogP contribution in [0.25, 0.3) is 0 Å². The molecule has 1 amide bonds. The monoisotopic (exact) mass is 363 g/mol. The summed E-state index contributed by atoms with van der Waals surface area (Å²) in [5, 5.41) is 31.6. The lowest BCUT2D eigenvalue weighted by atomic mass is 10.0. The van der Waals surface area contributed by atoms with Crippen LogP contribution in [0.1, 0.15) is 27.0 Å². The van der Waals surface area contributed by atoms with Crippen LogP contribution in [-0.2, 0) is 12.8 Å². The van der Waals surface area contributed by atoms with Crippen molar-refractivity contribution < 1.29 is 20.1 Å². The number of hydrogen-bond acceptors (Lipinski definition) is 4. The second-order valence-electron chi connectivity index (χ2n) is 6.49. The van der Waals surface area contributed by atoms with Crippen LogP contribution in [0.3, 0.4) is 0 Å². The van der Waals surface area contributed by atoms with Gasteiger partial charge in [-0.25, -0.2) is 0 Å². The van der Waals surface area contributed by atoms with Crippen molar-refractivity contribution in [1.29, 1.82) is 0 Å². The molecular weight excluding hydrogens is 342 g/mol. The molecule has 0 aromatic heterocycles. The Balaban J connectivity index is 1.61. The number of carbonyl (C=O) groups excluding carboxylic acids is 1. The van der Waals surface area contributed by atoms with E-state index in [0.717, 1.165) is 29.5 Å². The quantitative estimate of drug-likeness (QED) is 0.513. The highest BCUT2D eigenvalue weighted by molar-refractivity contribution is 6.06. The summed E-state index contributed by atoms with van der Waals surface area (Å²) in [6.07, 6.45) is 1.48. The van der Waals surface area contributed by atoms with E-state index < -0.39 is 0 Å². The van der Waals surface area contributed by atoms with Gasteiger partial charge in [0.25, 0.3) is 5.91 Å². The van der Waals surface area contributed by atoms with Crippen molar-refractivity contribution in [2.75, 3.05) is 5.32 Å². The predicted molar refractivity (Wildman–Crippen MR) is 104 cm³/mol. The largest absolute Gasteiger partial charge is 0.507 e. The van der Waals surface area contributed by atoms with E-state index in [4.69, 9.17) is 0 Å². The van der Waals surface area contributed by atoms with Crippen LogP contribution in [0, 0.1) is 6.92 Å². The first-order valence-electron chi connectivity index (χ1n) is 8.63. The summed E-state index contributed by atoms with van der Waals surface area (Å²) in [7, 11) is 0. The Hall–Kier alpha value is -3.47. The molecule has 0 atom stereocenters. The van der Waals surface area contributed by atoms with Crippen LogP contribution >= 0.6 is 0 Å². The number of benzene rings is 3. The lowest BCUT2D eigenvalue weighted by Crippen LogP contribution is -2.12. The van der Waals surface area contributed by atoms with Crippen molar-refractivity contribution in [3.63, 3.8) is 0 Å². The Labute approximate surface area is 157 Å². The minimum absolute atomic E-state index is 0.0405. The fourth-order valence-corrected chi connectivity index (χ4v) is 2.80. The molecular formula is C22H21NO4. The van der Waals surface area contributed by atoms with Crippen LogP contribution in [0.2, 0.25) is 0 Å². The molecule has 0 heterocycles. The number of hydrogen-bond donors (Lipinski definition) is 4. The number of nitrogens with one attached hydrogen (secondary N) is 1. The molecule has 138 valence electrons. The van der Waals surface area contributed by atoms with Crippen molar-refractivity contribution in [3.05, 3.63) is 82.9 Å². The van der Waals surface area contributed by atoms with E-state index in [0.29, 0.717) is 5.69 Å². The zero-order valence-electron chi connectivity index (χ0n) is 14.9. The SMILES string of the molecule is Cc1ccc(C(=O)Nc2ccc(CCc3ccc(O)c(O)c3)cc2)c(O)c1. The van der Waals surface area contributed by atoms with Gasteiger partial charge in [0.2, 0.25) is 0 Å². The number of phenols is 3. The molecule has 0 bridgehead atoms. The maximum absolute atomic E-state index is 12.3. The maximum atomic E-state index is 12.3. The third-order valence-corrected chi connectivity index (χ3v) is 4.35. The summed E-state index contributed by atoms with van der Waals surface area (Å²) in [5.74, 6) is -0.649. The Kier molecular flexibility index (Phi) is 5.31. The minimum Gasteiger partial charge on any atom is -0.507 e. The molecule has 0 radical (unpaired) electrons. The Bertz CT molecular complexity index is 965. The first-order valence-corrected chi connectivity index (χ1v) is 8.63. The van der Waals surface area contributed by atoms with Crippen LogP contribution in [0.4, 0.5) is 5.69 Å². The van der Waals surface area contributed by atoms with E-state index in [1.54, 1.807) is 30.3 Å². The van der Waals surface area contributed by atoms with E-state index >= 15 is 0 Å². The summed E-state index contributed by atoms with van der Waals surface area (Å²) in [6.45, 7) is 1.85. The molecule has 0 aliphatic heterocycles. The average Bonchev–Trinajstić information content (AvgIpc) is 2.64. The van der Waals surface area contributed by atoms with Crippen LogP contribution in [-0.4, -0.2) is 21.2 Å². The van der Waals surface area contributed by atoms with Gasteiger partial charge < -0.3 is 20.6 Å². The van der Waals surface area contributed by atoms with E-state index in [1.165, 1.54) is 6.07 Å². The Morgan fingerprint density at radius 2 is 1.44 bits per heavy atom. The minimum atomic E-state index is -0.361. The van der Waals surface area contributed by atoms with Crippen LogP contribution < -0.4 is 5.32 Å².